The van der Waals surface area contributed by atoms with E-state index in [0.29, 0.717) is 29.4 Å². The molecule has 0 radical (unpaired) electrons. The second-order valence-electron chi connectivity index (χ2n) is 7.41. The van der Waals surface area contributed by atoms with Crippen LogP contribution < -0.4 is 5.32 Å². The lowest BCUT2D eigenvalue weighted by molar-refractivity contribution is -0.384. The number of carbonyl (C=O) groups excluding carboxylic acids is 2. The molecule has 1 N–H and O–H groups in total. The molecule has 1 aromatic rings. The second-order valence-corrected chi connectivity index (χ2v) is 7.82. The zero-order valence-corrected chi connectivity index (χ0v) is 16.5. The Labute approximate surface area is 168 Å². The number of rotatable bonds is 5. The van der Waals surface area contributed by atoms with Crippen molar-refractivity contribution >= 4 is 29.2 Å². The molecule has 0 unspecified atom stereocenters. The molecule has 1 heterocycles. The van der Waals surface area contributed by atoms with Crippen LogP contribution in [-0.4, -0.2) is 23.4 Å². The van der Waals surface area contributed by atoms with Crippen molar-refractivity contribution in [1.82, 2.24) is 5.32 Å². The summed E-state index contributed by atoms with van der Waals surface area (Å²) in [4.78, 5) is 35.5. The molecule has 28 heavy (non-hydrogen) atoms. The second kappa shape index (κ2) is 8.73. The average Bonchev–Trinajstić information content (AvgIpc) is 2.66. The van der Waals surface area contributed by atoms with Crippen molar-refractivity contribution in [3.05, 3.63) is 50.2 Å². The van der Waals surface area contributed by atoms with Crippen LogP contribution >= 0.6 is 11.6 Å². The first-order valence-corrected chi connectivity index (χ1v) is 9.86. The van der Waals surface area contributed by atoms with Gasteiger partial charge in [0.1, 0.15) is 5.02 Å². The summed E-state index contributed by atoms with van der Waals surface area (Å²) in [5.74, 6) is -0.968. The monoisotopic (exact) mass is 406 g/mol. The van der Waals surface area contributed by atoms with Crippen molar-refractivity contribution in [3.63, 3.8) is 0 Å². The topological polar surface area (TPSA) is 98.5 Å². The molecular formula is C20H23ClN2O5. The van der Waals surface area contributed by atoms with Crippen LogP contribution in [0.3, 0.4) is 0 Å². The molecule has 1 amide bonds. The Bertz CT molecular complexity index is 830. The number of benzene rings is 1. The van der Waals surface area contributed by atoms with E-state index >= 15 is 0 Å². The molecule has 2 aliphatic rings. The zero-order chi connectivity index (χ0) is 20.3. The number of halogens is 1. The molecule has 1 atom stereocenters. The summed E-state index contributed by atoms with van der Waals surface area (Å²) in [5, 5.41) is 13.9. The zero-order valence-electron chi connectivity index (χ0n) is 15.7. The fourth-order valence-corrected chi connectivity index (χ4v) is 4.15. The number of hydrogen-bond donors (Lipinski definition) is 1. The Morgan fingerprint density at radius 1 is 1.32 bits per heavy atom. The highest BCUT2D eigenvalue weighted by molar-refractivity contribution is 6.32. The van der Waals surface area contributed by atoms with E-state index in [-0.39, 0.29) is 23.0 Å². The number of hydrogen-bond acceptors (Lipinski definition) is 5. The Morgan fingerprint density at radius 2 is 2.04 bits per heavy atom. The number of esters is 1. The van der Waals surface area contributed by atoms with E-state index in [9.17, 15) is 19.7 Å². The molecule has 1 aromatic carbocycles. The van der Waals surface area contributed by atoms with Crippen molar-refractivity contribution < 1.29 is 19.2 Å². The molecule has 7 nitrogen and oxygen atoms in total. The van der Waals surface area contributed by atoms with Gasteiger partial charge in [-0.1, -0.05) is 36.9 Å². The maximum Gasteiger partial charge on any atom is 0.336 e. The highest BCUT2D eigenvalue weighted by atomic mass is 35.5. The van der Waals surface area contributed by atoms with Crippen molar-refractivity contribution in [1.29, 1.82) is 0 Å². The Hall–Kier alpha value is -2.41. The summed E-state index contributed by atoms with van der Waals surface area (Å²) >= 11 is 5.90. The summed E-state index contributed by atoms with van der Waals surface area (Å²) in [5.41, 5.74) is 1.01. The number of allylic oxidation sites excluding steroid dienone is 1. The van der Waals surface area contributed by atoms with Crippen LogP contribution in [0.15, 0.2) is 29.5 Å². The summed E-state index contributed by atoms with van der Waals surface area (Å²) in [7, 11) is 0. The molecule has 3 rings (SSSR count). The van der Waals surface area contributed by atoms with Gasteiger partial charge in [-0.05, 0) is 37.3 Å². The first-order chi connectivity index (χ1) is 13.4. The van der Waals surface area contributed by atoms with Crippen molar-refractivity contribution in [3.8, 4) is 0 Å². The predicted octanol–water partition coefficient (Wildman–Crippen LogP) is 4.25. The van der Waals surface area contributed by atoms with Gasteiger partial charge in [0.15, 0.2) is 0 Å². The molecule has 0 saturated heterocycles. The molecule has 150 valence electrons. The first kappa shape index (κ1) is 20.3. The third-order valence-electron chi connectivity index (χ3n) is 5.43. The molecule has 1 aliphatic heterocycles. The van der Waals surface area contributed by atoms with Gasteiger partial charge in [0.25, 0.3) is 5.69 Å². The van der Waals surface area contributed by atoms with Gasteiger partial charge in [0.2, 0.25) is 5.91 Å². The number of nitro benzene ring substituents is 1. The highest BCUT2D eigenvalue weighted by Gasteiger charge is 2.34. The van der Waals surface area contributed by atoms with Crippen LogP contribution in [0.4, 0.5) is 5.69 Å². The number of nitro groups is 1. The average molecular weight is 407 g/mol. The van der Waals surface area contributed by atoms with Gasteiger partial charge >= 0.3 is 5.97 Å². The summed E-state index contributed by atoms with van der Waals surface area (Å²) < 4.78 is 5.57. The SMILES string of the molecule is CC1=C(C(=O)OCC2CCCCC2)[C@H](c2ccc(Cl)c([N+](=O)[O-])c2)CC(=O)N1. The maximum atomic E-state index is 12.8. The molecule has 1 aliphatic carbocycles. The lowest BCUT2D eigenvalue weighted by Gasteiger charge is -2.27. The van der Waals surface area contributed by atoms with E-state index in [0.717, 1.165) is 25.7 Å². The van der Waals surface area contributed by atoms with Crippen LogP contribution in [0.5, 0.6) is 0 Å². The Balaban J connectivity index is 1.85. The largest absolute Gasteiger partial charge is 0.462 e. The van der Waals surface area contributed by atoms with Gasteiger partial charge in [-0.3, -0.25) is 14.9 Å². The fourth-order valence-electron chi connectivity index (χ4n) is 3.97. The van der Waals surface area contributed by atoms with E-state index < -0.39 is 16.8 Å². The molecule has 1 fully saturated rings. The standard InChI is InChI=1S/C20H23ClN2O5/c1-12-19(20(25)28-11-13-5-3-2-4-6-13)15(10-18(24)22-12)14-7-8-16(21)17(9-14)23(26)27/h7-9,13,15H,2-6,10-11H2,1H3,(H,22,24)/t15-/m0/s1. The number of carbonyl (C=O) groups is 2. The van der Waals surface area contributed by atoms with Gasteiger partial charge in [-0.15, -0.1) is 0 Å². The smallest absolute Gasteiger partial charge is 0.336 e. The lowest BCUT2D eigenvalue weighted by Crippen LogP contribution is -2.34. The van der Waals surface area contributed by atoms with Crippen LogP contribution in [0.2, 0.25) is 5.02 Å². The predicted molar refractivity (Wildman–Crippen MR) is 104 cm³/mol. The maximum absolute atomic E-state index is 12.8. The summed E-state index contributed by atoms with van der Waals surface area (Å²) in [6, 6.07) is 4.36. The van der Waals surface area contributed by atoms with Crippen molar-refractivity contribution in [2.75, 3.05) is 6.61 Å². The third-order valence-corrected chi connectivity index (χ3v) is 5.75. The quantitative estimate of drug-likeness (QED) is 0.447. The van der Waals surface area contributed by atoms with Crippen LogP contribution in [-0.2, 0) is 14.3 Å². The molecule has 1 saturated carbocycles. The summed E-state index contributed by atoms with van der Waals surface area (Å²) in [6.45, 7) is 2.00. The van der Waals surface area contributed by atoms with E-state index in [4.69, 9.17) is 16.3 Å². The molecular weight excluding hydrogens is 384 g/mol. The summed E-state index contributed by atoms with van der Waals surface area (Å²) in [6.07, 6.45) is 5.64. The fraction of sp³-hybridized carbons (Fsp3) is 0.500. The number of nitrogens with one attached hydrogen (secondary N) is 1. The minimum Gasteiger partial charge on any atom is -0.462 e. The normalized spacial score (nSPS) is 20.6. The van der Waals surface area contributed by atoms with Gasteiger partial charge in [-0.25, -0.2) is 4.79 Å². The van der Waals surface area contributed by atoms with Gasteiger partial charge < -0.3 is 10.1 Å². The molecule has 0 aromatic heterocycles. The van der Waals surface area contributed by atoms with Crippen molar-refractivity contribution in [2.45, 2.75) is 51.4 Å². The first-order valence-electron chi connectivity index (χ1n) is 9.48. The van der Waals surface area contributed by atoms with Crippen LogP contribution in [0, 0.1) is 16.0 Å². The molecule has 8 heteroatoms. The Morgan fingerprint density at radius 3 is 2.71 bits per heavy atom. The van der Waals surface area contributed by atoms with E-state index in [1.165, 1.54) is 18.6 Å². The van der Waals surface area contributed by atoms with Gasteiger partial charge in [-0.2, -0.15) is 0 Å². The van der Waals surface area contributed by atoms with Gasteiger partial charge in [0.05, 0.1) is 17.1 Å². The van der Waals surface area contributed by atoms with E-state index in [2.05, 4.69) is 5.32 Å². The Kier molecular flexibility index (Phi) is 6.34. The van der Waals surface area contributed by atoms with Crippen LogP contribution in [0.1, 0.15) is 56.9 Å². The third kappa shape index (κ3) is 4.52. The highest BCUT2D eigenvalue weighted by Crippen LogP contribution is 2.37. The molecule has 0 bridgehead atoms. The number of ether oxygens (including phenoxy) is 1. The number of nitrogens with zero attached hydrogens (tertiary/aromatic N) is 1. The number of amides is 1. The minimum absolute atomic E-state index is 0.0103. The lowest BCUT2D eigenvalue weighted by atomic mass is 9.84. The van der Waals surface area contributed by atoms with E-state index in [1.54, 1.807) is 13.0 Å². The molecule has 0 spiro atoms. The van der Waals surface area contributed by atoms with E-state index in [1.807, 2.05) is 0 Å². The van der Waals surface area contributed by atoms with Gasteiger partial charge in [0, 0.05) is 24.1 Å². The van der Waals surface area contributed by atoms with Crippen molar-refractivity contribution in [2.24, 2.45) is 5.92 Å². The van der Waals surface area contributed by atoms with Crippen LogP contribution in [0.25, 0.3) is 0 Å². The minimum atomic E-state index is -0.608.